The molecule has 1 aliphatic rings. The SMILES string of the molecule is O=C(c1ccco1)N1CCC(c2ccccc2)S(=O)(=O)CC1. The highest BCUT2D eigenvalue weighted by Gasteiger charge is 2.33. The van der Waals surface area contributed by atoms with Crippen molar-refractivity contribution < 1.29 is 17.6 Å². The van der Waals surface area contributed by atoms with Crippen LogP contribution in [0.25, 0.3) is 0 Å². The summed E-state index contributed by atoms with van der Waals surface area (Å²) in [5.41, 5.74) is 0.787. The molecular weight excluding hydrogens is 302 g/mol. The number of carbonyl (C=O) groups excluding carboxylic acids is 1. The Morgan fingerprint density at radius 3 is 2.55 bits per heavy atom. The number of hydrogen-bond donors (Lipinski definition) is 0. The minimum absolute atomic E-state index is 0.0288. The van der Waals surface area contributed by atoms with Crippen LogP contribution in [0.4, 0.5) is 0 Å². The average Bonchev–Trinajstić information content (AvgIpc) is 3.00. The van der Waals surface area contributed by atoms with Crippen LogP contribution in [0, 0.1) is 0 Å². The predicted octanol–water partition coefficient (Wildman–Crippen LogP) is 2.28. The van der Waals surface area contributed by atoms with E-state index in [0.717, 1.165) is 5.56 Å². The molecule has 2 heterocycles. The highest BCUT2D eigenvalue weighted by atomic mass is 32.2. The van der Waals surface area contributed by atoms with Gasteiger partial charge in [-0.3, -0.25) is 4.79 Å². The molecule has 0 N–H and O–H groups in total. The summed E-state index contributed by atoms with van der Waals surface area (Å²) in [6, 6.07) is 12.4. The Morgan fingerprint density at radius 1 is 1.09 bits per heavy atom. The maximum Gasteiger partial charge on any atom is 0.289 e. The van der Waals surface area contributed by atoms with Crippen molar-refractivity contribution >= 4 is 15.7 Å². The second-order valence-electron chi connectivity index (χ2n) is 5.32. The second-order valence-corrected chi connectivity index (χ2v) is 7.63. The van der Waals surface area contributed by atoms with E-state index in [1.54, 1.807) is 17.0 Å². The van der Waals surface area contributed by atoms with Gasteiger partial charge in [0.25, 0.3) is 5.91 Å². The third-order valence-electron chi connectivity index (χ3n) is 3.93. The minimum Gasteiger partial charge on any atom is -0.459 e. The van der Waals surface area contributed by atoms with Gasteiger partial charge >= 0.3 is 0 Å². The average molecular weight is 319 g/mol. The number of amides is 1. The first kappa shape index (κ1) is 14.8. The fourth-order valence-electron chi connectivity index (χ4n) is 2.75. The van der Waals surface area contributed by atoms with Crippen molar-refractivity contribution in [3.63, 3.8) is 0 Å². The van der Waals surface area contributed by atoms with Gasteiger partial charge < -0.3 is 9.32 Å². The minimum atomic E-state index is -3.27. The van der Waals surface area contributed by atoms with Crippen LogP contribution >= 0.6 is 0 Å². The Hall–Kier alpha value is -2.08. The number of furan rings is 1. The van der Waals surface area contributed by atoms with Crippen LogP contribution in [-0.4, -0.2) is 38.1 Å². The molecule has 0 radical (unpaired) electrons. The van der Waals surface area contributed by atoms with E-state index in [9.17, 15) is 13.2 Å². The lowest BCUT2D eigenvalue weighted by molar-refractivity contribution is 0.0734. The van der Waals surface area contributed by atoms with E-state index in [1.807, 2.05) is 30.3 Å². The van der Waals surface area contributed by atoms with Gasteiger partial charge in [-0.1, -0.05) is 30.3 Å². The molecule has 0 aliphatic carbocycles. The van der Waals surface area contributed by atoms with Gasteiger partial charge in [-0.2, -0.15) is 0 Å². The lowest BCUT2D eigenvalue weighted by Gasteiger charge is -2.18. The largest absolute Gasteiger partial charge is 0.459 e. The Balaban J connectivity index is 1.82. The molecule has 3 rings (SSSR count). The smallest absolute Gasteiger partial charge is 0.289 e. The third kappa shape index (κ3) is 2.92. The van der Waals surface area contributed by atoms with E-state index >= 15 is 0 Å². The fraction of sp³-hybridized carbons (Fsp3) is 0.312. The highest BCUT2D eigenvalue weighted by molar-refractivity contribution is 7.91. The molecule has 0 bridgehead atoms. The monoisotopic (exact) mass is 319 g/mol. The van der Waals surface area contributed by atoms with Gasteiger partial charge in [-0.15, -0.1) is 0 Å². The molecule has 1 aromatic heterocycles. The Bertz CT molecular complexity index is 738. The van der Waals surface area contributed by atoms with Crippen molar-refractivity contribution in [2.24, 2.45) is 0 Å². The van der Waals surface area contributed by atoms with Crippen LogP contribution in [0.5, 0.6) is 0 Å². The molecule has 1 aliphatic heterocycles. The third-order valence-corrected chi connectivity index (χ3v) is 6.06. The molecule has 22 heavy (non-hydrogen) atoms. The van der Waals surface area contributed by atoms with Crippen LogP contribution in [0.1, 0.15) is 27.8 Å². The number of nitrogens with zero attached hydrogens (tertiary/aromatic N) is 1. The first-order valence-corrected chi connectivity index (χ1v) is 8.89. The lowest BCUT2D eigenvalue weighted by Crippen LogP contribution is -2.33. The van der Waals surface area contributed by atoms with Crippen molar-refractivity contribution in [3.05, 3.63) is 60.1 Å². The molecule has 1 atom stereocenters. The fourth-order valence-corrected chi connectivity index (χ4v) is 4.54. The van der Waals surface area contributed by atoms with Crippen molar-refractivity contribution in [1.82, 2.24) is 4.90 Å². The van der Waals surface area contributed by atoms with Gasteiger partial charge in [-0.25, -0.2) is 8.42 Å². The summed E-state index contributed by atoms with van der Waals surface area (Å²) in [7, 11) is -3.27. The number of hydrogen-bond acceptors (Lipinski definition) is 4. The molecule has 2 aromatic rings. The van der Waals surface area contributed by atoms with E-state index in [2.05, 4.69) is 0 Å². The molecule has 5 nitrogen and oxygen atoms in total. The van der Waals surface area contributed by atoms with E-state index in [1.165, 1.54) is 6.26 Å². The summed E-state index contributed by atoms with van der Waals surface area (Å²) >= 11 is 0. The standard InChI is InChI=1S/C16H17NO4S/c18-16(14-7-4-11-21-14)17-9-8-15(22(19,20)12-10-17)13-5-2-1-3-6-13/h1-7,11,15H,8-10,12H2. The number of benzene rings is 1. The van der Waals surface area contributed by atoms with Gasteiger partial charge in [0.2, 0.25) is 0 Å². The van der Waals surface area contributed by atoms with Crippen LogP contribution in [0.3, 0.4) is 0 Å². The maximum absolute atomic E-state index is 12.5. The first-order valence-electron chi connectivity index (χ1n) is 7.17. The molecule has 0 spiro atoms. The summed E-state index contributed by atoms with van der Waals surface area (Å²) in [4.78, 5) is 13.9. The van der Waals surface area contributed by atoms with Crippen molar-refractivity contribution in [2.45, 2.75) is 11.7 Å². The number of carbonyl (C=O) groups is 1. The van der Waals surface area contributed by atoms with Crippen molar-refractivity contribution in [2.75, 3.05) is 18.8 Å². The summed E-state index contributed by atoms with van der Waals surface area (Å²) in [6.07, 6.45) is 1.84. The van der Waals surface area contributed by atoms with Gasteiger partial charge in [0.1, 0.15) is 0 Å². The molecule has 1 unspecified atom stereocenters. The molecule has 1 saturated heterocycles. The van der Waals surface area contributed by atoms with Crippen LogP contribution in [0.2, 0.25) is 0 Å². The zero-order valence-corrected chi connectivity index (χ0v) is 12.8. The van der Waals surface area contributed by atoms with E-state index in [-0.39, 0.29) is 24.0 Å². The zero-order chi connectivity index (χ0) is 15.6. The van der Waals surface area contributed by atoms with E-state index < -0.39 is 15.1 Å². The molecule has 0 saturated carbocycles. The Kier molecular flexibility index (Phi) is 4.02. The van der Waals surface area contributed by atoms with Gasteiger partial charge in [0.15, 0.2) is 15.6 Å². The quantitative estimate of drug-likeness (QED) is 0.851. The molecular formula is C16H17NO4S. The van der Waals surface area contributed by atoms with Crippen LogP contribution in [0.15, 0.2) is 53.1 Å². The predicted molar refractivity (Wildman–Crippen MR) is 82.2 cm³/mol. The van der Waals surface area contributed by atoms with Crippen molar-refractivity contribution in [3.8, 4) is 0 Å². The molecule has 1 fully saturated rings. The summed E-state index contributed by atoms with van der Waals surface area (Å²) in [5.74, 6) is -0.0385. The maximum atomic E-state index is 12.5. The second kappa shape index (κ2) is 5.96. The normalized spacial score (nSPS) is 21.3. The first-order chi connectivity index (χ1) is 10.6. The Morgan fingerprint density at radius 2 is 1.86 bits per heavy atom. The summed E-state index contributed by atoms with van der Waals surface area (Å²) in [5, 5.41) is -0.553. The van der Waals surface area contributed by atoms with E-state index in [0.29, 0.717) is 13.0 Å². The number of sulfone groups is 1. The zero-order valence-electron chi connectivity index (χ0n) is 12.0. The Labute approximate surface area is 129 Å². The molecule has 6 heteroatoms. The van der Waals surface area contributed by atoms with Gasteiger partial charge in [0, 0.05) is 13.1 Å². The summed E-state index contributed by atoms with van der Waals surface area (Å²) in [6.45, 7) is 0.601. The topological polar surface area (TPSA) is 67.6 Å². The van der Waals surface area contributed by atoms with Gasteiger partial charge in [0.05, 0.1) is 17.3 Å². The number of rotatable bonds is 2. The highest BCUT2D eigenvalue weighted by Crippen LogP contribution is 2.29. The molecule has 116 valence electrons. The molecule has 1 amide bonds. The summed E-state index contributed by atoms with van der Waals surface area (Å²) < 4.78 is 30.1. The molecule has 1 aromatic carbocycles. The van der Waals surface area contributed by atoms with Crippen LogP contribution in [-0.2, 0) is 9.84 Å². The van der Waals surface area contributed by atoms with E-state index in [4.69, 9.17) is 4.42 Å². The lowest BCUT2D eigenvalue weighted by atomic mass is 10.1. The van der Waals surface area contributed by atoms with Crippen LogP contribution < -0.4 is 0 Å². The van der Waals surface area contributed by atoms with Gasteiger partial charge in [-0.05, 0) is 24.1 Å². The van der Waals surface area contributed by atoms with Crippen molar-refractivity contribution in [1.29, 1.82) is 0 Å².